The summed E-state index contributed by atoms with van der Waals surface area (Å²) in [5.41, 5.74) is -1.11. The molecule has 0 aliphatic heterocycles. The molecular formula is C13H18ClNO5. The number of halogens is 1. The van der Waals surface area contributed by atoms with E-state index in [4.69, 9.17) is 26.2 Å². The van der Waals surface area contributed by atoms with Gasteiger partial charge in [-0.25, -0.2) is 0 Å². The standard InChI is InChI=1S/C13H18ClNO5/c1-13(18,7-16)6-15-12(17)8-4-9(14)11(20-3)10(5-8)19-2/h4-5,16,18H,6-7H2,1-3H3,(H,15,17). The monoisotopic (exact) mass is 303 g/mol. The third-order valence-electron chi connectivity index (χ3n) is 2.67. The summed E-state index contributed by atoms with van der Waals surface area (Å²) in [7, 11) is 2.88. The third kappa shape index (κ3) is 4.00. The summed E-state index contributed by atoms with van der Waals surface area (Å²) in [5, 5.41) is 21.3. The van der Waals surface area contributed by atoms with Crippen LogP contribution in [0.2, 0.25) is 5.02 Å². The number of hydrogen-bond donors (Lipinski definition) is 3. The molecule has 0 saturated carbocycles. The molecule has 7 heteroatoms. The van der Waals surface area contributed by atoms with Crippen molar-refractivity contribution in [2.45, 2.75) is 12.5 Å². The number of methoxy groups -OCH3 is 2. The van der Waals surface area contributed by atoms with Gasteiger partial charge in [-0.05, 0) is 19.1 Å². The third-order valence-corrected chi connectivity index (χ3v) is 2.95. The van der Waals surface area contributed by atoms with Gasteiger partial charge in [-0.1, -0.05) is 11.6 Å². The van der Waals surface area contributed by atoms with Crippen molar-refractivity contribution in [1.82, 2.24) is 5.32 Å². The number of benzene rings is 1. The molecular weight excluding hydrogens is 286 g/mol. The molecule has 0 bridgehead atoms. The van der Waals surface area contributed by atoms with Crippen LogP contribution in [-0.4, -0.2) is 49.1 Å². The Morgan fingerprint density at radius 1 is 1.40 bits per heavy atom. The first-order valence-corrected chi connectivity index (χ1v) is 6.25. The number of hydrogen-bond acceptors (Lipinski definition) is 5. The van der Waals surface area contributed by atoms with Gasteiger partial charge in [0.25, 0.3) is 5.91 Å². The lowest BCUT2D eigenvalue weighted by Gasteiger charge is -2.20. The van der Waals surface area contributed by atoms with Crippen molar-refractivity contribution in [3.05, 3.63) is 22.7 Å². The molecule has 1 aromatic carbocycles. The minimum absolute atomic E-state index is 0.0890. The van der Waals surface area contributed by atoms with Gasteiger partial charge in [0, 0.05) is 12.1 Å². The molecule has 1 atom stereocenters. The highest BCUT2D eigenvalue weighted by molar-refractivity contribution is 6.32. The Kier molecular flexibility index (Phi) is 5.62. The van der Waals surface area contributed by atoms with Gasteiger partial charge in [-0.2, -0.15) is 0 Å². The number of amides is 1. The number of rotatable bonds is 6. The second-order valence-electron chi connectivity index (χ2n) is 4.53. The first-order chi connectivity index (χ1) is 9.34. The first kappa shape index (κ1) is 16.6. The van der Waals surface area contributed by atoms with Crippen LogP contribution >= 0.6 is 11.6 Å². The van der Waals surface area contributed by atoms with Gasteiger partial charge in [0.1, 0.15) is 5.60 Å². The van der Waals surface area contributed by atoms with Crippen LogP contribution in [-0.2, 0) is 0 Å². The topological polar surface area (TPSA) is 88.0 Å². The lowest BCUT2D eigenvalue weighted by atomic mass is 10.1. The van der Waals surface area contributed by atoms with Gasteiger partial charge in [-0.15, -0.1) is 0 Å². The lowest BCUT2D eigenvalue weighted by Crippen LogP contribution is -2.43. The molecule has 3 N–H and O–H groups in total. The number of aliphatic hydroxyl groups is 2. The Morgan fingerprint density at radius 2 is 2.05 bits per heavy atom. The summed E-state index contributed by atoms with van der Waals surface area (Å²) in [5.74, 6) is 0.230. The highest BCUT2D eigenvalue weighted by Crippen LogP contribution is 2.35. The number of ether oxygens (including phenoxy) is 2. The van der Waals surface area contributed by atoms with Crippen LogP contribution in [0.5, 0.6) is 11.5 Å². The van der Waals surface area contributed by atoms with E-state index in [0.717, 1.165) is 0 Å². The van der Waals surface area contributed by atoms with Crippen LogP contribution in [0.4, 0.5) is 0 Å². The molecule has 112 valence electrons. The van der Waals surface area contributed by atoms with E-state index in [-0.39, 0.29) is 17.1 Å². The number of carbonyl (C=O) groups is 1. The molecule has 1 unspecified atom stereocenters. The Bertz CT molecular complexity index is 490. The van der Waals surface area contributed by atoms with Crippen molar-refractivity contribution in [3.8, 4) is 11.5 Å². The van der Waals surface area contributed by atoms with E-state index >= 15 is 0 Å². The SMILES string of the molecule is COc1cc(C(=O)NCC(C)(O)CO)cc(Cl)c1OC. The van der Waals surface area contributed by atoms with Crippen molar-refractivity contribution in [2.75, 3.05) is 27.4 Å². The van der Waals surface area contributed by atoms with E-state index in [1.54, 1.807) is 0 Å². The lowest BCUT2D eigenvalue weighted by molar-refractivity contribution is 0.00320. The number of carbonyl (C=O) groups excluding carboxylic acids is 1. The van der Waals surface area contributed by atoms with Crippen molar-refractivity contribution < 1.29 is 24.5 Å². The Hall–Kier alpha value is -1.50. The molecule has 6 nitrogen and oxygen atoms in total. The summed E-state index contributed by atoms with van der Waals surface area (Å²) in [6.45, 7) is 0.864. The summed E-state index contributed by atoms with van der Waals surface area (Å²) in [6, 6.07) is 2.92. The second kappa shape index (κ2) is 6.78. The first-order valence-electron chi connectivity index (χ1n) is 5.87. The largest absolute Gasteiger partial charge is 0.493 e. The molecule has 1 amide bonds. The van der Waals surface area contributed by atoms with E-state index in [0.29, 0.717) is 11.5 Å². The quantitative estimate of drug-likeness (QED) is 0.724. The van der Waals surface area contributed by atoms with Crippen LogP contribution in [0.3, 0.4) is 0 Å². The molecule has 0 aliphatic rings. The molecule has 1 rings (SSSR count). The average Bonchev–Trinajstić information content (AvgIpc) is 2.43. The van der Waals surface area contributed by atoms with Crippen molar-refractivity contribution in [2.24, 2.45) is 0 Å². The zero-order valence-corrected chi connectivity index (χ0v) is 12.3. The minimum atomic E-state index is -1.38. The fraction of sp³-hybridized carbons (Fsp3) is 0.462. The normalized spacial score (nSPS) is 13.5. The minimum Gasteiger partial charge on any atom is -0.493 e. The van der Waals surface area contributed by atoms with Gasteiger partial charge < -0.3 is 25.0 Å². The molecule has 0 aromatic heterocycles. The molecule has 0 heterocycles. The van der Waals surface area contributed by atoms with E-state index in [2.05, 4.69) is 5.32 Å². The maximum Gasteiger partial charge on any atom is 0.251 e. The predicted molar refractivity (Wildman–Crippen MR) is 74.6 cm³/mol. The van der Waals surface area contributed by atoms with Crippen molar-refractivity contribution in [3.63, 3.8) is 0 Å². The fourth-order valence-electron chi connectivity index (χ4n) is 1.48. The predicted octanol–water partition coefficient (Wildman–Crippen LogP) is 0.830. The fourth-order valence-corrected chi connectivity index (χ4v) is 1.77. The average molecular weight is 304 g/mol. The molecule has 1 aromatic rings. The highest BCUT2D eigenvalue weighted by Gasteiger charge is 2.21. The Labute approximate surface area is 122 Å². The van der Waals surface area contributed by atoms with Crippen molar-refractivity contribution in [1.29, 1.82) is 0 Å². The second-order valence-corrected chi connectivity index (χ2v) is 4.94. The highest BCUT2D eigenvalue weighted by atomic mass is 35.5. The van der Waals surface area contributed by atoms with Crippen molar-refractivity contribution >= 4 is 17.5 Å². The van der Waals surface area contributed by atoms with E-state index < -0.39 is 18.1 Å². The Morgan fingerprint density at radius 3 is 2.55 bits per heavy atom. The number of nitrogens with one attached hydrogen (secondary N) is 1. The summed E-state index contributed by atoms with van der Waals surface area (Å²) < 4.78 is 10.2. The zero-order chi connectivity index (χ0) is 15.3. The molecule has 0 aliphatic carbocycles. The molecule has 0 radical (unpaired) electrons. The van der Waals surface area contributed by atoms with Crippen LogP contribution < -0.4 is 14.8 Å². The zero-order valence-electron chi connectivity index (χ0n) is 11.6. The summed E-state index contributed by atoms with van der Waals surface area (Å²) in [4.78, 5) is 12.0. The molecule has 20 heavy (non-hydrogen) atoms. The molecule has 0 spiro atoms. The van der Waals surface area contributed by atoms with Gasteiger partial charge in [0.15, 0.2) is 11.5 Å². The van der Waals surface area contributed by atoms with Gasteiger partial charge in [-0.3, -0.25) is 4.79 Å². The van der Waals surface area contributed by atoms with E-state index in [9.17, 15) is 9.90 Å². The number of aliphatic hydroxyl groups excluding tert-OH is 1. The summed E-state index contributed by atoms with van der Waals surface area (Å²) in [6.07, 6.45) is 0. The van der Waals surface area contributed by atoms with Crippen LogP contribution in [0.15, 0.2) is 12.1 Å². The smallest absolute Gasteiger partial charge is 0.251 e. The van der Waals surface area contributed by atoms with E-state index in [1.165, 1.54) is 33.3 Å². The maximum absolute atomic E-state index is 12.0. The van der Waals surface area contributed by atoms with Gasteiger partial charge in [0.2, 0.25) is 0 Å². The summed E-state index contributed by atoms with van der Waals surface area (Å²) >= 11 is 6.00. The van der Waals surface area contributed by atoms with Crippen LogP contribution in [0.25, 0.3) is 0 Å². The molecule has 0 saturated heterocycles. The van der Waals surface area contributed by atoms with Gasteiger partial charge >= 0.3 is 0 Å². The van der Waals surface area contributed by atoms with E-state index in [1.807, 2.05) is 0 Å². The Balaban J connectivity index is 2.92. The van der Waals surface area contributed by atoms with Crippen LogP contribution in [0.1, 0.15) is 17.3 Å². The molecule has 0 fully saturated rings. The van der Waals surface area contributed by atoms with Crippen LogP contribution in [0, 0.1) is 0 Å². The maximum atomic E-state index is 12.0. The van der Waals surface area contributed by atoms with Gasteiger partial charge in [0.05, 0.1) is 25.8 Å².